The van der Waals surface area contributed by atoms with Crippen molar-refractivity contribution in [3.8, 4) is 11.5 Å². The molecule has 0 saturated heterocycles. The quantitative estimate of drug-likeness (QED) is 0.601. The first-order valence-corrected chi connectivity index (χ1v) is 7.04. The summed E-state index contributed by atoms with van der Waals surface area (Å²) in [4.78, 5) is 0. The second-order valence-electron chi connectivity index (χ2n) is 4.17. The van der Waals surface area contributed by atoms with Crippen LogP contribution in [-0.2, 0) is 10.4 Å². The fraction of sp³-hybridized carbons (Fsp3) is 0. The van der Waals surface area contributed by atoms with E-state index in [1.165, 1.54) is 36.4 Å². The second-order valence-corrected chi connectivity index (χ2v) is 5.32. The standard InChI is InChI=1S/C12H14N4O4S/c13-7-1-3-11(9(15)5-7)19-21(17,18)20-12-4-2-8(14)6-10(12)16/h1-6H,13-16H2. The Hall–Kier alpha value is -2.81. The Balaban J connectivity index is 2.22. The molecule has 0 aliphatic heterocycles. The van der Waals surface area contributed by atoms with E-state index in [9.17, 15) is 8.42 Å². The van der Waals surface area contributed by atoms with E-state index in [-0.39, 0.29) is 22.9 Å². The predicted octanol–water partition coefficient (Wildman–Crippen LogP) is 0.718. The maximum absolute atomic E-state index is 11.8. The first-order valence-electron chi connectivity index (χ1n) is 5.71. The summed E-state index contributed by atoms with van der Waals surface area (Å²) < 4.78 is 33.2. The molecule has 0 aliphatic rings. The van der Waals surface area contributed by atoms with Crippen LogP contribution in [0, 0.1) is 0 Å². The zero-order valence-corrected chi connectivity index (χ0v) is 11.6. The Labute approximate surface area is 121 Å². The topological polar surface area (TPSA) is 157 Å². The van der Waals surface area contributed by atoms with Crippen molar-refractivity contribution in [1.82, 2.24) is 0 Å². The van der Waals surface area contributed by atoms with Crippen LogP contribution in [0.2, 0.25) is 0 Å². The molecule has 0 radical (unpaired) electrons. The maximum Gasteiger partial charge on any atom is 0.501 e. The first kappa shape index (κ1) is 14.6. The van der Waals surface area contributed by atoms with Gasteiger partial charge in [0.25, 0.3) is 0 Å². The first-order chi connectivity index (χ1) is 9.77. The lowest BCUT2D eigenvalue weighted by Gasteiger charge is -2.11. The highest BCUT2D eigenvalue weighted by Crippen LogP contribution is 2.28. The van der Waals surface area contributed by atoms with Gasteiger partial charge in [-0.2, -0.15) is 0 Å². The highest BCUT2D eigenvalue weighted by atomic mass is 32.3. The van der Waals surface area contributed by atoms with Crippen LogP contribution in [0.4, 0.5) is 22.7 Å². The lowest BCUT2D eigenvalue weighted by Crippen LogP contribution is -2.18. The number of nitrogens with two attached hydrogens (primary N) is 4. The summed E-state index contributed by atoms with van der Waals surface area (Å²) >= 11 is 0. The Bertz CT molecular complexity index is 717. The van der Waals surface area contributed by atoms with Gasteiger partial charge in [-0.05, 0) is 36.4 Å². The Morgan fingerprint density at radius 2 is 1.10 bits per heavy atom. The molecule has 2 aromatic rings. The van der Waals surface area contributed by atoms with Gasteiger partial charge in [-0.15, -0.1) is 8.42 Å². The van der Waals surface area contributed by atoms with Crippen molar-refractivity contribution in [3.63, 3.8) is 0 Å². The van der Waals surface area contributed by atoms with E-state index in [2.05, 4.69) is 0 Å². The van der Waals surface area contributed by atoms with E-state index < -0.39 is 10.4 Å². The summed E-state index contributed by atoms with van der Waals surface area (Å²) in [6.07, 6.45) is 0. The van der Waals surface area contributed by atoms with Gasteiger partial charge in [-0.3, -0.25) is 0 Å². The van der Waals surface area contributed by atoms with Crippen molar-refractivity contribution in [2.24, 2.45) is 0 Å². The summed E-state index contributed by atoms with van der Waals surface area (Å²) in [5.74, 6) is -0.198. The summed E-state index contributed by atoms with van der Waals surface area (Å²) in [5, 5.41) is 0. The summed E-state index contributed by atoms with van der Waals surface area (Å²) in [7, 11) is -4.40. The third kappa shape index (κ3) is 3.60. The number of anilines is 4. The molecule has 0 fully saturated rings. The van der Waals surface area contributed by atoms with E-state index in [0.29, 0.717) is 11.4 Å². The molecule has 9 heteroatoms. The van der Waals surface area contributed by atoms with E-state index >= 15 is 0 Å². The monoisotopic (exact) mass is 310 g/mol. The molecule has 112 valence electrons. The van der Waals surface area contributed by atoms with Crippen LogP contribution in [0.5, 0.6) is 11.5 Å². The molecule has 2 rings (SSSR count). The minimum Gasteiger partial charge on any atom is -0.399 e. The van der Waals surface area contributed by atoms with Gasteiger partial charge in [0.1, 0.15) is 0 Å². The molecule has 0 atom stereocenters. The Morgan fingerprint density at radius 3 is 1.43 bits per heavy atom. The molecule has 0 bridgehead atoms. The van der Waals surface area contributed by atoms with Gasteiger partial charge in [-0.25, -0.2) is 0 Å². The summed E-state index contributed by atoms with van der Waals surface area (Å²) in [6, 6.07) is 8.25. The van der Waals surface area contributed by atoms with Gasteiger partial charge in [0.2, 0.25) is 0 Å². The Morgan fingerprint density at radius 1 is 0.714 bits per heavy atom. The van der Waals surface area contributed by atoms with Crippen LogP contribution >= 0.6 is 0 Å². The van der Waals surface area contributed by atoms with Gasteiger partial charge in [0.15, 0.2) is 11.5 Å². The minimum atomic E-state index is -4.40. The van der Waals surface area contributed by atoms with Crippen molar-refractivity contribution < 1.29 is 16.8 Å². The fourth-order valence-electron chi connectivity index (χ4n) is 1.52. The van der Waals surface area contributed by atoms with Crippen LogP contribution in [0.3, 0.4) is 0 Å². The van der Waals surface area contributed by atoms with Gasteiger partial charge in [0, 0.05) is 11.4 Å². The molecule has 0 aromatic heterocycles. The lowest BCUT2D eigenvalue weighted by atomic mass is 10.3. The fourth-order valence-corrected chi connectivity index (χ4v) is 2.30. The van der Waals surface area contributed by atoms with Crippen LogP contribution in [-0.4, -0.2) is 8.42 Å². The van der Waals surface area contributed by atoms with Crippen LogP contribution in [0.1, 0.15) is 0 Å². The molecule has 0 spiro atoms. The number of rotatable bonds is 4. The number of benzene rings is 2. The van der Waals surface area contributed by atoms with E-state index in [1.54, 1.807) is 0 Å². The average Bonchev–Trinajstić information content (AvgIpc) is 2.36. The third-order valence-corrected chi connectivity index (χ3v) is 3.22. The number of hydrogen-bond donors (Lipinski definition) is 4. The van der Waals surface area contributed by atoms with Crippen LogP contribution < -0.4 is 31.3 Å². The molecular formula is C12H14N4O4S. The van der Waals surface area contributed by atoms with E-state index in [0.717, 1.165) is 0 Å². The minimum absolute atomic E-state index is 0.0625. The molecule has 8 nitrogen and oxygen atoms in total. The molecule has 2 aromatic carbocycles. The molecule has 0 heterocycles. The van der Waals surface area contributed by atoms with Crippen LogP contribution in [0.25, 0.3) is 0 Å². The van der Waals surface area contributed by atoms with Crippen molar-refractivity contribution in [3.05, 3.63) is 36.4 Å². The van der Waals surface area contributed by atoms with Crippen LogP contribution in [0.15, 0.2) is 36.4 Å². The normalized spacial score (nSPS) is 11.0. The third-order valence-electron chi connectivity index (χ3n) is 2.45. The highest BCUT2D eigenvalue weighted by molar-refractivity contribution is 7.82. The van der Waals surface area contributed by atoms with Crippen molar-refractivity contribution in [2.45, 2.75) is 0 Å². The number of nitrogen functional groups attached to an aromatic ring is 4. The van der Waals surface area contributed by atoms with Gasteiger partial charge >= 0.3 is 10.4 Å². The summed E-state index contributed by atoms with van der Waals surface area (Å²) in [5.41, 5.74) is 23.1. The zero-order valence-electron chi connectivity index (χ0n) is 10.8. The molecule has 21 heavy (non-hydrogen) atoms. The van der Waals surface area contributed by atoms with E-state index in [4.69, 9.17) is 31.3 Å². The van der Waals surface area contributed by atoms with Crippen molar-refractivity contribution in [1.29, 1.82) is 0 Å². The molecular weight excluding hydrogens is 296 g/mol. The summed E-state index contributed by atoms with van der Waals surface area (Å²) in [6.45, 7) is 0. The second kappa shape index (κ2) is 5.29. The van der Waals surface area contributed by atoms with Gasteiger partial charge in [-0.1, -0.05) is 0 Å². The van der Waals surface area contributed by atoms with Crippen molar-refractivity contribution in [2.75, 3.05) is 22.9 Å². The van der Waals surface area contributed by atoms with E-state index in [1.807, 2.05) is 0 Å². The largest absolute Gasteiger partial charge is 0.501 e. The lowest BCUT2D eigenvalue weighted by molar-refractivity contribution is 0.394. The molecule has 0 unspecified atom stereocenters. The SMILES string of the molecule is Nc1ccc(OS(=O)(=O)Oc2ccc(N)cc2N)c(N)c1. The average molecular weight is 310 g/mol. The number of hydrogen-bond acceptors (Lipinski definition) is 8. The predicted molar refractivity (Wildman–Crippen MR) is 80.7 cm³/mol. The highest BCUT2D eigenvalue weighted by Gasteiger charge is 2.19. The molecule has 0 saturated carbocycles. The van der Waals surface area contributed by atoms with Gasteiger partial charge in [0.05, 0.1) is 11.4 Å². The molecule has 8 N–H and O–H groups in total. The zero-order chi connectivity index (χ0) is 15.6. The molecule has 0 aliphatic carbocycles. The molecule has 0 amide bonds. The van der Waals surface area contributed by atoms with Gasteiger partial charge < -0.3 is 31.3 Å². The Kier molecular flexibility index (Phi) is 3.68. The smallest absolute Gasteiger partial charge is 0.399 e. The maximum atomic E-state index is 11.8. The van der Waals surface area contributed by atoms with Crippen molar-refractivity contribution >= 4 is 33.1 Å².